The summed E-state index contributed by atoms with van der Waals surface area (Å²) in [7, 11) is 1.46. The van der Waals surface area contributed by atoms with Crippen molar-refractivity contribution in [2.75, 3.05) is 38.6 Å². The van der Waals surface area contributed by atoms with E-state index in [2.05, 4.69) is 30.5 Å². The number of likely N-dealkylation sites (tertiary alicyclic amines) is 1. The number of β-amino-alcohol motifs (C(OH)–C–C–N with tert-alkyl or cyclic N) is 1. The number of benzene rings is 1. The number of carbonyl (C=O) groups excluding carboxylic acids is 1. The SMILES string of the molecule is COc1cnc(-c2cc(Cl)ccc2F)nc1Nc1ccncc1C(=O)NCCCN1CCC(O)C1. The number of nitrogens with zero attached hydrogens (tertiary/aromatic N) is 4. The molecule has 184 valence electrons. The Morgan fingerprint density at radius 3 is 2.97 bits per heavy atom. The van der Waals surface area contributed by atoms with Gasteiger partial charge in [0.25, 0.3) is 5.91 Å². The molecular weight excluding hydrogens is 475 g/mol. The smallest absolute Gasteiger partial charge is 0.254 e. The summed E-state index contributed by atoms with van der Waals surface area (Å²) in [5.41, 5.74) is 0.913. The number of hydrogen-bond acceptors (Lipinski definition) is 8. The molecule has 3 N–H and O–H groups in total. The Morgan fingerprint density at radius 1 is 1.34 bits per heavy atom. The van der Waals surface area contributed by atoms with E-state index < -0.39 is 5.82 Å². The summed E-state index contributed by atoms with van der Waals surface area (Å²) in [5.74, 6) is -0.133. The molecule has 4 rings (SSSR count). The molecule has 3 heterocycles. The number of anilines is 2. The van der Waals surface area contributed by atoms with Gasteiger partial charge in [-0.05, 0) is 43.7 Å². The number of nitrogens with one attached hydrogen (secondary N) is 2. The Morgan fingerprint density at radius 2 is 2.20 bits per heavy atom. The van der Waals surface area contributed by atoms with Gasteiger partial charge in [-0.15, -0.1) is 0 Å². The number of halogens is 2. The Balaban J connectivity index is 1.48. The van der Waals surface area contributed by atoms with Crippen molar-refractivity contribution >= 4 is 29.0 Å². The number of methoxy groups -OCH3 is 1. The molecule has 1 aromatic carbocycles. The molecule has 1 aliphatic heterocycles. The number of rotatable bonds is 9. The highest BCUT2D eigenvalue weighted by atomic mass is 35.5. The van der Waals surface area contributed by atoms with Crippen molar-refractivity contribution < 1.29 is 19.0 Å². The van der Waals surface area contributed by atoms with Crippen molar-refractivity contribution in [3.8, 4) is 17.1 Å². The lowest BCUT2D eigenvalue weighted by molar-refractivity contribution is 0.0952. The molecule has 0 aliphatic carbocycles. The number of pyridine rings is 1. The van der Waals surface area contributed by atoms with Gasteiger partial charge in [-0.3, -0.25) is 9.78 Å². The predicted octanol–water partition coefficient (Wildman–Crippen LogP) is 3.27. The molecule has 11 heteroatoms. The third-order valence-corrected chi connectivity index (χ3v) is 5.88. The van der Waals surface area contributed by atoms with E-state index in [0.717, 1.165) is 25.9 Å². The molecule has 0 radical (unpaired) electrons. The van der Waals surface area contributed by atoms with E-state index in [0.29, 0.717) is 35.1 Å². The first kappa shape index (κ1) is 24.8. The van der Waals surface area contributed by atoms with Gasteiger partial charge in [-0.2, -0.15) is 0 Å². The number of ether oxygens (including phenoxy) is 1. The largest absolute Gasteiger partial charge is 0.491 e. The van der Waals surface area contributed by atoms with Crippen LogP contribution in [0.2, 0.25) is 5.02 Å². The van der Waals surface area contributed by atoms with E-state index in [-0.39, 0.29) is 29.2 Å². The maximum absolute atomic E-state index is 14.4. The minimum Gasteiger partial charge on any atom is -0.491 e. The van der Waals surface area contributed by atoms with E-state index in [1.54, 1.807) is 12.3 Å². The molecule has 1 atom stereocenters. The third-order valence-electron chi connectivity index (χ3n) is 5.65. The second-order valence-electron chi connectivity index (χ2n) is 8.13. The molecule has 1 aliphatic rings. The molecule has 35 heavy (non-hydrogen) atoms. The van der Waals surface area contributed by atoms with Gasteiger partial charge in [0.1, 0.15) is 5.82 Å². The fourth-order valence-electron chi connectivity index (χ4n) is 3.84. The van der Waals surface area contributed by atoms with E-state index in [1.807, 2.05) is 0 Å². The lowest BCUT2D eigenvalue weighted by atomic mass is 10.2. The monoisotopic (exact) mass is 500 g/mol. The van der Waals surface area contributed by atoms with Crippen LogP contribution in [-0.4, -0.2) is 70.3 Å². The highest BCUT2D eigenvalue weighted by Gasteiger charge is 2.20. The van der Waals surface area contributed by atoms with Crippen LogP contribution < -0.4 is 15.4 Å². The van der Waals surface area contributed by atoms with E-state index in [1.165, 1.54) is 37.7 Å². The minimum atomic E-state index is -0.516. The van der Waals surface area contributed by atoms with E-state index in [9.17, 15) is 14.3 Å². The first-order chi connectivity index (χ1) is 16.9. The summed E-state index contributed by atoms with van der Waals surface area (Å²) in [6.45, 7) is 2.82. The topological polar surface area (TPSA) is 112 Å². The highest BCUT2D eigenvalue weighted by Crippen LogP contribution is 2.30. The zero-order chi connectivity index (χ0) is 24.8. The van der Waals surface area contributed by atoms with E-state index in [4.69, 9.17) is 16.3 Å². The maximum Gasteiger partial charge on any atom is 0.254 e. The predicted molar refractivity (Wildman–Crippen MR) is 131 cm³/mol. The molecule has 9 nitrogen and oxygen atoms in total. The van der Waals surface area contributed by atoms with Crippen LogP contribution in [0.25, 0.3) is 11.4 Å². The molecule has 1 fully saturated rings. The van der Waals surface area contributed by atoms with Crippen LogP contribution in [0.3, 0.4) is 0 Å². The molecule has 3 aromatic rings. The highest BCUT2D eigenvalue weighted by molar-refractivity contribution is 6.30. The van der Waals surface area contributed by atoms with Crippen LogP contribution in [0, 0.1) is 5.82 Å². The molecule has 1 saturated heterocycles. The Bertz CT molecular complexity index is 1200. The summed E-state index contributed by atoms with van der Waals surface area (Å²) in [5, 5.41) is 16.0. The van der Waals surface area contributed by atoms with Gasteiger partial charge >= 0.3 is 0 Å². The quantitative estimate of drug-likeness (QED) is 0.384. The lowest BCUT2D eigenvalue weighted by Gasteiger charge is -2.16. The fourth-order valence-corrected chi connectivity index (χ4v) is 4.01. The van der Waals surface area contributed by atoms with Crippen LogP contribution in [0.15, 0.2) is 42.9 Å². The van der Waals surface area contributed by atoms with Crippen LogP contribution in [-0.2, 0) is 0 Å². The van der Waals surface area contributed by atoms with Gasteiger partial charge < -0.3 is 25.4 Å². The Hall–Kier alpha value is -3.34. The van der Waals surface area contributed by atoms with Gasteiger partial charge in [-0.1, -0.05) is 11.6 Å². The van der Waals surface area contributed by atoms with Crippen LogP contribution in [0.5, 0.6) is 5.75 Å². The maximum atomic E-state index is 14.4. The molecule has 1 unspecified atom stereocenters. The van der Waals surface area contributed by atoms with Gasteiger partial charge in [0, 0.05) is 37.1 Å². The minimum absolute atomic E-state index is 0.111. The van der Waals surface area contributed by atoms with Crippen LogP contribution in [0.1, 0.15) is 23.2 Å². The number of aliphatic hydroxyl groups is 1. The summed E-state index contributed by atoms with van der Waals surface area (Å²) in [4.78, 5) is 27.7. The second-order valence-corrected chi connectivity index (χ2v) is 8.57. The van der Waals surface area contributed by atoms with Crippen LogP contribution in [0.4, 0.5) is 15.9 Å². The number of amides is 1. The summed E-state index contributed by atoms with van der Waals surface area (Å²) in [6, 6.07) is 5.77. The second kappa shape index (κ2) is 11.4. The standard InChI is InChI=1S/C24H26ClFN6O3/c1-35-21-13-29-22(17-11-15(25)3-4-19(17)26)31-23(21)30-20-5-8-27-12-18(20)24(34)28-7-2-9-32-10-6-16(33)14-32/h3-5,8,11-13,16,33H,2,6-7,9-10,14H2,1H3,(H,28,34)(H,27,29,30,31). The number of carbonyl (C=O) groups is 1. The number of aromatic nitrogens is 3. The summed E-state index contributed by atoms with van der Waals surface area (Å²) >= 11 is 6.02. The third kappa shape index (κ3) is 6.21. The molecule has 0 bridgehead atoms. The molecule has 2 aromatic heterocycles. The van der Waals surface area contributed by atoms with Crippen molar-refractivity contribution in [2.45, 2.75) is 18.9 Å². The van der Waals surface area contributed by atoms with Crippen molar-refractivity contribution in [3.63, 3.8) is 0 Å². The number of aliphatic hydroxyl groups excluding tert-OH is 1. The zero-order valence-electron chi connectivity index (χ0n) is 19.2. The average Bonchev–Trinajstić information content (AvgIpc) is 3.28. The fraction of sp³-hybridized carbons (Fsp3) is 0.333. The van der Waals surface area contributed by atoms with E-state index >= 15 is 0 Å². The Kier molecular flexibility index (Phi) is 8.06. The van der Waals surface area contributed by atoms with Gasteiger partial charge in [0.05, 0.1) is 36.2 Å². The average molecular weight is 501 g/mol. The molecule has 1 amide bonds. The van der Waals surface area contributed by atoms with Gasteiger partial charge in [-0.25, -0.2) is 14.4 Å². The summed E-state index contributed by atoms with van der Waals surface area (Å²) in [6.07, 6.45) is 5.71. The van der Waals surface area contributed by atoms with Gasteiger partial charge in [0.2, 0.25) is 0 Å². The van der Waals surface area contributed by atoms with Crippen molar-refractivity contribution in [1.29, 1.82) is 0 Å². The first-order valence-corrected chi connectivity index (χ1v) is 11.6. The lowest BCUT2D eigenvalue weighted by Crippen LogP contribution is -2.29. The molecular formula is C24H26ClFN6O3. The van der Waals surface area contributed by atoms with Crippen LogP contribution >= 0.6 is 11.6 Å². The normalized spacial score (nSPS) is 15.7. The van der Waals surface area contributed by atoms with Crippen molar-refractivity contribution in [1.82, 2.24) is 25.2 Å². The molecule has 0 spiro atoms. The zero-order valence-corrected chi connectivity index (χ0v) is 19.9. The first-order valence-electron chi connectivity index (χ1n) is 11.2. The van der Waals surface area contributed by atoms with Gasteiger partial charge in [0.15, 0.2) is 17.4 Å². The van der Waals surface area contributed by atoms with Crippen molar-refractivity contribution in [3.05, 3.63) is 59.3 Å². The Labute approximate surface area is 207 Å². The summed E-state index contributed by atoms with van der Waals surface area (Å²) < 4.78 is 19.7. The molecule has 0 saturated carbocycles. The van der Waals surface area contributed by atoms with Crippen molar-refractivity contribution in [2.24, 2.45) is 0 Å². The number of hydrogen-bond donors (Lipinski definition) is 3.